The summed E-state index contributed by atoms with van der Waals surface area (Å²) in [6, 6.07) is 10.6. The molecule has 8 heteroatoms. The standard InChI is InChI=1S/C28H38N6OS/c1-2-31-9-8-23-24(21-31)36-28-26(23)27(29-25(30-28)20-22-6-4-3-5-7-22)34-14-12-32(13-15-34)10-11-33-16-18-35-19-17-33/h3-7H,2,8-21H2,1H3. The van der Waals surface area contributed by atoms with Crippen LogP contribution in [0.15, 0.2) is 30.3 Å². The zero-order valence-corrected chi connectivity index (χ0v) is 22.3. The smallest absolute Gasteiger partial charge is 0.141 e. The lowest BCUT2D eigenvalue weighted by Crippen LogP contribution is -2.49. The van der Waals surface area contributed by atoms with Crippen LogP contribution in [0.5, 0.6) is 0 Å². The van der Waals surface area contributed by atoms with Gasteiger partial charge in [0.25, 0.3) is 0 Å². The summed E-state index contributed by atoms with van der Waals surface area (Å²) in [5.41, 5.74) is 2.78. The third-order valence-electron chi connectivity index (χ3n) is 7.97. The van der Waals surface area contributed by atoms with Crippen LogP contribution < -0.4 is 4.90 Å². The van der Waals surface area contributed by atoms with E-state index >= 15 is 0 Å². The molecule has 6 rings (SSSR count). The Balaban J connectivity index is 1.23. The molecule has 0 aliphatic carbocycles. The second-order valence-corrected chi connectivity index (χ2v) is 11.3. The first-order valence-corrected chi connectivity index (χ1v) is 14.4. The van der Waals surface area contributed by atoms with Crippen LogP contribution in [0.3, 0.4) is 0 Å². The highest BCUT2D eigenvalue weighted by atomic mass is 32.1. The summed E-state index contributed by atoms with van der Waals surface area (Å²) in [6.07, 6.45) is 1.89. The van der Waals surface area contributed by atoms with Gasteiger partial charge in [-0.3, -0.25) is 14.7 Å². The molecule has 192 valence electrons. The first-order valence-electron chi connectivity index (χ1n) is 13.6. The fourth-order valence-electron chi connectivity index (χ4n) is 5.72. The number of thiophene rings is 1. The second-order valence-electron chi connectivity index (χ2n) is 10.2. The van der Waals surface area contributed by atoms with Gasteiger partial charge in [0.15, 0.2) is 0 Å². The van der Waals surface area contributed by atoms with Gasteiger partial charge in [-0.05, 0) is 24.1 Å². The van der Waals surface area contributed by atoms with E-state index in [1.807, 2.05) is 11.3 Å². The molecule has 0 amide bonds. The summed E-state index contributed by atoms with van der Waals surface area (Å²) >= 11 is 1.90. The minimum absolute atomic E-state index is 0.785. The van der Waals surface area contributed by atoms with E-state index in [1.165, 1.54) is 32.0 Å². The lowest BCUT2D eigenvalue weighted by Gasteiger charge is -2.37. The van der Waals surface area contributed by atoms with Crippen LogP contribution in [0.4, 0.5) is 5.82 Å². The molecule has 0 atom stereocenters. The molecule has 5 heterocycles. The van der Waals surface area contributed by atoms with Gasteiger partial charge < -0.3 is 9.64 Å². The molecule has 36 heavy (non-hydrogen) atoms. The Morgan fingerprint density at radius 2 is 1.61 bits per heavy atom. The molecule has 0 spiro atoms. The van der Waals surface area contributed by atoms with Crippen molar-refractivity contribution >= 4 is 27.4 Å². The molecule has 3 aliphatic heterocycles. The number of aromatic nitrogens is 2. The molecule has 0 unspecified atom stereocenters. The van der Waals surface area contributed by atoms with Gasteiger partial charge in [0.1, 0.15) is 16.5 Å². The molecule has 2 fully saturated rings. The number of benzene rings is 1. The lowest BCUT2D eigenvalue weighted by molar-refractivity contribution is 0.0331. The Hall–Kier alpha value is -2.10. The van der Waals surface area contributed by atoms with Crippen LogP contribution in [0.25, 0.3) is 10.2 Å². The number of morpholine rings is 1. The summed E-state index contributed by atoms with van der Waals surface area (Å²) in [7, 11) is 0. The van der Waals surface area contributed by atoms with E-state index in [1.54, 1.807) is 0 Å². The van der Waals surface area contributed by atoms with E-state index in [-0.39, 0.29) is 0 Å². The van der Waals surface area contributed by atoms with E-state index in [0.29, 0.717) is 0 Å². The summed E-state index contributed by atoms with van der Waals surface area (Å²) in [4.78, 5) is 23.3. The van der Waals surface area contributed by atoms with Crippen molar-refractivity contribution in [2.45, 2.75) is 26.3 Å². The van der Waals surface area contributed by atoms with Crippen molar-refractivity contribution in [2.75, 3.05) is 83.6 Å². The number of fused-ring (bicyclic) bond motifs is 3. The number of hydrogen-bond acceptors (Lipinski definition) is 8. The van der Waals surface area contributed by atoms with Crippen molar-refractivity contribution < 1.29 is 4.74 Å². The number of ether oxygens (including phenoxy) is 1. The van der Waals surface area contributed by atoms with Crippen molar-refractivity contribution in [2.24, 2.45) is 0 Å². The second kappa shape index (κ2) is 11.1. The summed E-state index contributed by atoms with van der Waals surface area (Å²) < 4.78 is 5.51. The maximum Gasteiger partial charge on any atom is 0.141 e. The average Bonchev–Trinajstić information content (AvgIpc) is 3.30. The van der Waals surface area contributed by atoms with Crippen molar-refractivity contribution in [3.63, 3.8) is 0 Å². The monoisotopic (exact) mass is 506 g/mol. The van der Waals surface area contributed by atoms with Gasteiger partial charge in [0, 0.05) is 76.7 Å². The number of nitrogens with zero attached hydrogens (tertiary/aromatic N) is 6. The molecule has 2 saturated heterocycles. The van der Waals surface area contributed by atoms with Crippen LogP contribution in [0.2, 0.25) is 0 Å². The van der Waals surface area contributed by atoms with Crippen LogP contribution in [-0.4, -0.2) is 103 Å². The van der Waals surface area contributed by atoms with Gasteiger partial charge in [-0.2, -0.15) is 0 Å². The van der Waals surface area contributed by atoms with E-state index in [9.17, 15) is 0 Å². The maximum atomic E-state index is 5.51. The van der Waals surface area contributed by atoms with Crippen LogP contribution >= 0.6 is 11.3 Å². The summed E-state index contributed by atoms with van der Waals surface area (Å²) in [5, 5.41) is 1.34. The Morgan fingerprint density at radius 1 is 0.861 bits per heavy atom. The number of piperazine rings is 1. The van der Waals surface area contributed by atoms with E-state index < -0.39 is 0 Å². The molecule has 2 aromatic heterocycles. The minimum Gasteiger partial charge on any atom is -0.379 e. The number of anilines is 1. The molecule has 3 aromatic rings. The molecule has 0 N–H and O–H groups in total. The Morgan fingerprint density at radius 3 is 2.36 bits per heavy atom. The predicted octanol–water partition coefficient (Wildman–Crippen LogP) is 3.11. The van der Waals surface area contributed by atoms with Crippen LogP contribution in [0, 0.1) is 0 Å². The molecular weight excluding hydrogens is 468 g/mol. The van der Waals surface area contributed by atoms with Gasteiger partial charge in [-0.25, -0.2) is 9.97 Å². The van der Waals surface area contributed by atoms with Crippen LogP contribution in [0.1, 0.15) is 28.8 Å². The fourth-order valence-corrected chi connectivity index (χ4v) is 6.99. The van der Waals surface area contributed by atoms with Gasteiger partial charge in [0.2, 0.25) is 0 Å². The first kappa shape index (κ1) is 24.2. The van der Waals surface area contributed by atoms with Gasteiger partial charge >= 0.3 is 0 Å². The molecule has 0 bridgehead atoms. The molecular formula is C28H38N6OS. The van der Waals surface area contributed by atoms with Gasteiger partial charge in [0.05, 0.1) is 18.6 Å². The average molecular weight is 507 g/mol. The third-order valence-corrected chi connectivity index (χ3v) is 9.08. The number of rotatable bonds is 7. The predicted molar refractivity (Wildman–Crippen MR) is 147 cm³/mol. The van der Waals surface area contributed by atoms with E-state index in [4.69, 9.17) is 14.7 Å². The highest BCUT2D eigenvalue weighted by Crippen LogP contribution is 2.39. The molecule has 7 nitrogen and oxygen atoms in total. The largest absolute Gasteiger partial charge is 0.379 e. The zero-order valence-electron chi connectivity index (χ0n) is 21.5. The van der Waals surface area contributed by atoms with E-state index in [0.717, 1.165) is 104 Å². The number of likely N-dealkylation sites (N-methyl/N-ethyl adjacent to an activating group) is 1. The quantitative estimate of drug-likeness (QED) is 0.488. The summed E-state index contributed by atoms with van der Waals surface area (Å²) in [5.74, 6) is 2.13. The molecule has 3 aliphatic rings. The highest BCUT2D eigenvalue weighted by molar-refractivity contribution is 7.19. The van der Waals surface area contributed by atoms with Crippen LogP contribution in [-0.2, 0) is 24.1 Å². The van der Waals surface area contributed by atoms with Crippen molar-refractivity contribution in [3.05, 3.63) is 52.2 Å². The van der Waals surface area contributed by atoms with Crippen molar-refractivity contribution in [1.82, 2.24) is 24.7 Å². The van der Waals surface area contributed by atoms with Gasteiger partial charge in [-0.15, -0.1) is 11.3 Å². The van der Waals surface area contributed by atoms with E-state index in [2.05, 4.69) is 56.9 Å². The Labute approximate surface area is 218 Å². The van der Waals surface area contributed by atoms with Crippen molar-refractivity contribution in [3.8, 4) is 0 Å². The molecule has 0 saturated carbocycles. The van der Waals surface area contributed by atoms with Gasteiger partial charge in [-0.1, -0.05) is 37.3 Å². The molecule has 1 aromatic carbocycles. The SMILES string of the molecule is CCN1CCc2c(sc3nc(Cc4ccccc4)nc(N4CCN(CCN5CCOCC5)CC4)c23)C1. The fraction of sp³-hybridized carbons (Fsp3) is 0.571. The Kier molecular flexibility index (Phi) is 7.48. The van der Waals surface area contributed by atoms with Crippen molar-refractivity contribution in [1.29, 1.82) is 0 Å². The summed E-state index contributed by atoms with van der Waals surface area (Å²) in [6.45, 7) is 16.0. The first-order chi connectivity index (χ1) is 17.8. The third kappa shape index (κ3) is 5.29. The number of hydrogen-bond donors (Lipinski definition) is 0. The minimum atomic E-state index is 0.785. The highest BCUT2D eigenvalue weighted by Gasteiger charge is 2.28. The zero-order chi connectivity index (χ0) is 24.3. The topological polar surface area (TPSA) is 48.0 Å². The normalized spacial score (nSPS) is 20.2. The molecule has 0 radical (unpaired) electrons. The maximum absolute atomic E-state index is 5.51. The Bertz CT molecular complexity index is 1150. The lowest BCUT2D eigenvalue weighted by atomic mass is 10.0.